The number of hydrogen-bond acceptors (Lipinski definition) is 6. The first-order valence-electron chi connectivity index (χ1n) is 9.43. The van der Waals surface area contributed by atoms with Crippen molar-refractivity contribution < 1.29 is 9.13 Å². The zero-order valence-corrected chi connectivity index (χ0v) is 17.0. The minimum absolute atomic E-state index is 0.173. The highest BCUT2D eigenvalue weighted by atomic mass is 19.1. The van der Waals surface area contributed by atoms with Crippen molar-refractivity contribution in [3.63, 3.8) is 0 Å². The van der Waals surface area contributed by atoms with E-state index in [-0.39, 0.29) is 5.75 Å². The van der Waals surface area contributed by atoms with Crippen molar-refractivity contribution in [2.45, 2.75) is 33.6 Å². The van der Waals surface area contributed by atoms with Crippen LogP contribution in [0.5, 0.6) is 5.75 Å². The summed E-state index contributed by atoms with van der Waals surface area (Å²) in [5, 5.41) is 3.07. The number of rotatable bonds is 7. The van der Waals surface area contributed by atoms with Crippen LogP contribution in [0.15, 0.2) is 30.3 Å². The summed E-state index contributed by atoms with van der Waals surface area (Å²) in [6.07, 6.45) is 5.78. The molecule has 3 rings (SSSR count). The molecule has 0 fully saturated rings. The minimum atomic E-state index is -0.468. The summed E-state index contributed by atoms with van der Waals surface area (Å²) in [5.74, 6) is 1.63. The quantitative estimate of drug-likeness (QED) is 0.614. The van der Waals surface area contributed by atoms with E-state index >= 15 is 0 Å². The van der Waals surface area contributed by atoms with Crippen LogP contribution in [0, 0.1) is 12.7 Å². The fourth-order valence-corrected chi connectivity index (χ4v) is 3.12. The van der Waals surface area contributed by atoms with Crippen molar-refractivity contribution in [1.82, 2.24) is 19.5 Å². The first-order chi connectivity index (χ1) is 14.0. The molecule has 1 aromatic carbocycles. The Labute approximate surface area is 169 Å². The predicted octanol–water partition coefficient (Wildman–Crippen LogP) is 4.43. The van der Waals surface area contributed by atoms with Gasteiger partial charge < -0.3 is 15.8 Å². The second-order valence-corrected chi connectivity index (χ2v) is 6.53. The Hall–Kier alpha value is -3.42. The molecule has 0 aliphatic carbocycles. The van der Waals surface area contributed by atoms with Gasteiger partial charge in [-0.05, 0) is 38.5 Å². The molecule has 3 aromatic rings. The number of aryl methyl sites for hydroxylation is 2. The van der Waals surface area contributed by atoms with E-state index in [0.717, 1.165) is 30.1 Å². The van der Waals surface area contributed by atoms with Gasteiger partial charge in [0.2, 0.25) is 5.95 Å². The van der Waals surface area contributed by atoms with Gasteiger partial charge in [0, 0.05) is 17.8 Å². The van der Waals surface area contributed by atoms with Gasteiger partial charge in [-0.15, -0.1) is 0 Å². The monoisotopic (exact) mass is 396 g/mol. The van der Waals surface area contributed by atoms with Gasteiger partial charge in [-0.3, -0.25) is 4.57 Å². The van der Waals surface area contributed by atoms with Gasteiger partial charge in [-0.25, -0.2) is 9.37 Å². The van der Waals surface area contributed by atoms with E-state index < -0.39 is 5.82 Å². The smallest absolute Gasteiger partial charge is 0.239 e. The molecular formula is C21H25FN6O. The van der Waals surface area contributed by atoms with Gasteiger partial charge in [0.15, 0.2) is 11.6 Å². The van der Waals surface area contributed by atoms with E-state index in [4.69, 9.17) is 10.5 Å². The highest BCUT2D eigenvalue weighted by Crippen LogP contribution is 2.25. The molecule has 7 nitrogen and oxygen atoms in total. The zero-order chi connectivity index (χ0) is 21.0. The number of methoxy groups -OCH3 is 1. The molecule has 152 valence electrons. The number of nitrogen functional groups attached to an aromatic ring is 1. The van der Waals surface area contributed by atoms with Gasteiger partial charge in [0.05, 0.1) is 18.5 Å². The minimum Gasteiger partial charge on any atom is -0.494 e. The highest BCUT2D eigenvalue weighted by molar-refractivity contribution is 5.61. The van der Waals surface area contributed by atoms with Crippen molar-refractivity contribution in [2.24, 2.45) is 0 Å². The molecule has 0 unspecified atom stereocenters. The number of ether oxygens (including phenoxy) is 1. The van der Waals surface area contributed by atoms with Crippen LogP contribution in [0.1, 0.15) is 37.5 Å². The molecule has 0 aliphatic rings. The summed E-state index contributed by atoms with van der Waals surface area (Å²) in [5.41, 5.74) is 8.47. The predicted molar refractivity (Wildman–Crippen MR) is 113 cm³/mol. The van der Waals surface area contributed by atoms with Gasteiger partial charge in [0.25, 0.3) is 0 Å². The van der Waals surface area contributed by atoms with Crippen molar-refractivity contribution in [2.75, 3.05) is 18.2 Å². The Balaban J connectivity index is 2.03. The number of nitrogens with two attached hydrogens (primary N) is 1. The summed E-state index contributed by atoms with van der Waals surface area (Å²) >= 11 is 0. The standard InChI is InChI=1S/C21H25FN6O/c1-5-7-16-17(8-6-2)28(13(3)24-16)21-26-19(23)12-20(27-21)25-14-9-10-18(29-4)15(22)11-14/h6,8-12H,5,7H2,1-4H3,(H3,23,25,26,27)/b8-6-. The molecule has 0 saturated carbocycles. The summed E-state index contributed by atoms with van der Waals surface area (Å²) in [7, 11) is 1.42. The fourth-order valence-electron chi connectivity index (χ4n) is 3.12. The number of hydrogen-bond donors (Lipinski definition) is 2. The van der Waals surface area contributed by atoms with E-state index in [2.05, 4.69) is 27.2 Å². The Bertz CT molecular complexity index is 1040. The third-order valence-corrected chi connectivity index (χ3v) is 4.33. The number of nitrogens with zero attached hydrogens (tertiary/aromatic N) is 4. The lowest BCUT2D eigenvalue weighted by molar-refractivity contribution is 0.386. The highest BCUT2D eigenvalue weighted by Gasteiger charge is 2.17. The molecule has 8 heteroatoms. The summed E-state index contributed by atoms with van der Waals surface area (Å²) in [6, 6.07) is 6.18. The maximum atomic E-state index is 14.0. The van der Waals surface area contributed by atoms with Gasteiger partial charge in [-0.2, -0.15) is 9.97 Å². The normalized spacial score (nSPS) is 11.2. The lowest BCUT2D eigenvalue weighted by atomic mass is 10.2. The second kappa shape index (κ2) is 8.72. The van der Waals surface area contributed by atoms with E-state index in [1.165, 1.54) is 13.2 Å². The van der Waals surface area contributed by atoms with Crippen LogP contribution >= 0.6 is 0 Å². The zero-order valence-electron chi connectivity index (χ0n) is 17.0. The first kappa shape index (κ1) is 20.3. The number of imidazole rings is 1. The molecule has 0 atom stereocenters. The van der Waals surface area contributed by atoms with E-state index in [1.54, 1.807) is 18.2 Å². The topological polar surface area (TPSA) is 90.9 Å². The summed E-state index contributed by atoms with van der Waals surface area (Å²) < 4.78 is 20.8. The maximum absolute atomic E-state index is 14.0. The van der Waals surface area contributed by atoms with Crippen LogP contribution in [0.4, 0.5) is 21.7 Å². The van der Waals surface area contributed by atoms with Crippen molar-refractivity contribution in [3.8, 4) is 11.7 Å². The van der Waals surface area contributed by atoms with Crippen molar-refractivity contribution in [3.05, 3.63) is 53.4 Å². The Kier molecular flexibility index (Phi) is 6.11. The molecule has 0 bridgehead atoms. The molecular weight excluding hydrogens is 371 g/mol. The third-order valence-electron chi connectivity index (χ3n) is 4.33. The number of allylic oxidation sites excluding steroid dienone is 1. The van der Waals surface area contributed by atoms with Gasteiger partial charge in [-0.1, -0.05) is 19.4 Å². The van der Waals surface area contributed by atoms with Crippen LogP contribution in [0.2, 0.25) is 0 Å². The largest absolute Gasteiger partial charge is 0.494 e. The lowest BCUT2D eigenvalue weighted by Gasteiger charge is -2.12. The number of anilines is 3. The van der Waals surface area contributed by atoms with E-state index in [1.807, 2.05) is 30.6 Å². The van der Waals surface area contributed by atoms with Gasteiger partial charge in [0.1, 0.15) is 17.5 Å². The Morgan fingerprint density at radius 3 is 2.69 bits per heavy atom. The summed E-state index contributed by atoms with van der Waals surface area (Å²) in [6.45, 7) is 5.97. The maximum Gasteiger partial charge on any atom is 0.239 e. The number of nitrogens with one attached hydrogen (secondary N) is 1. The first-order valence-corrected chi connectivity index (χ1v) is 9.43. The van der Waals surface area contributed by atoms with Crippen LogP contribution in [-0.2, 0) is 6.42 Å². The van der Waals surface area contributed by atoms with Crippen LogP contribution in [0.3, 0.4) is 0 Å². The molecule has 2 heterocycles. The average molecular weight is 396 g/mol. The second-order valence-electron chi connectivity index (χ2n) is 6.53. The van der Waals surface area contributed by atoms with Crippen LogP contribution < -0.4 is 15.8 Å². The molecule has 29 heavy (non-hydrogen) atoms. The SMILES string of the molecule is C/C=C\c1c(CCC)nc(C)n1-c1nc(N)cc(Nc2ccc(OC)c(F)c2)n1. The van der Waals surface area contributed by atoms with Crippen molar-refractivity contribution >= 4 is 23.4 Å². The van der Waals surface area contributed by atoms with E-state index in [9.17, 15) is 4.39 Å². The number of halogens is 1. The molecule has 0 radical (unpaired) electrons. The van der Waals surface area contributed by atoms with Crippen molar-refractivity contribution in [1.29, 1.82) is 0 Å². The molecule has 0 spiro atoms. The molecule has 0 amide bonds. The Morgan fingerprint density at radius 2 is 2.03 bits per heavy atom. The average Bonchev–Trinajstić information content (AvgIpc) is 2.97. The number of aromatic nitrogens is 4. The van der Waals surface area contributed by atoms with E-state index in [0.29, 0.717) is 23.3 Å². The molecule has 0 saturated heterocycles. The van der Waals surface area contributed by atoms with Crippen LogP contribution in [0.25, 0.3) is 12.0 Å². The molecule has 2 aromatic heterocycles. The lowest BCUT2D eigenvalue weighted by Crippen LogP contribution is -2.09. The Morgan fingerprint density at radius 1 is 1.24 bits per heavy atom. The van der Waals surface area contributed by atoms with Gasteiger partial charge >= 0.3 is 0 Å². The van der Waals surface area contributed by atoms with Crippen LogP contribution in [-0.4, -0.2) is 26.6 Å². The fraction of sp³-hybridized carbons (Fsp3) is 0.286. The summed E-state index contributed by atoms with van der Waals surface area (Å²) in [4.78, 5) is 13.6. The number of benzene rings is 1. The molecule has 3 N–H and O–H groups in total. The third kappa shape index (κ3) is 4.37. The molecule has 0 aliphatic heterocycles.